The number of esters is 1. The number of nitrogens with zero attached hydrogens (tertiary/aromatic N) is 2. The first-order valence-corrected chi connectivity index (χ1v) is 5.23. The molecule has 0 aliphatic carbocycles. The molecular formula is C10H14ClN3O2. The van der Waals surface area contributed by atoms with Gasteiger partial charge in [0.25, 0.3) is 0 Å². The molecule has 0 aliphatic rings. The number of anilines is 1. The lowest BCUT2D eigenvalue weighted by Gasteiger charge is -2.09. The van der Waals surface area contributed by atoms with Crippen LogP contribution in [-0.4, -0.2) is 29.6 Å². The zero-order chi connectivity index (χ0) is 12.1. The Morgan fingerprint density at radius 2 is 2.12 bits per heavy atom. The molecule has 6 heteroatoms. The number of aryl methyl sites for hydroxylation is 1. The third-order valence-electron chi connectivity index (χ3n) is 2.21. The predicted octanol–water partition coefficient (Wildman–Crippen LogP) is 1.72. The van der Waals surface area contributed by atoms with Crippen molar-refractivity contribution in [1.29, 1.82) is 0 Å². The number of rotatable bonds is 4. The first-order valence-electron chi connectivity index (χ1n) is 4.86. The van der Waals surface area contributed by atoms with E-state index < -0.39 is 0 Å². The zero-order valence-electron chi connectivity index (χ0n) is 9.50. The minimum Gasteiger partial charge on any atom is -0.469 e. The minimum atomic E-state index is -0.262. The smallest absolute Gasteiger partial charge is 0.307 e. The number of ether oxygens (including phenoxy) is 1. The summed E-state index contributed by atoms with van der Waals surface area (Å²) in [5.74, 6) is 0.392. The summed E-state index contributed by atoms with van der Waals surface area (Å²) in [6.45, 7) is 4.21. The second-order valence-corrected chi connectivity index (χ2v) is 3.64. The molecule has 16 heavy (non-hydrogen) atoms. The van der Waals surface area contributed by atoms with Crippen molar-refractivity contribution in [3.63, 3.8) is 0 Å². The molecule has 1 rings (SSSR count). The molecule has 1 aromatic heterocycles. The number of methoxy groups -OCH3 is 1. The van der Waals surface area contributed by atoms with Gasteiger partial charge in [-0.05, 0) is 25.4 Å². The van der Waals surface area contributed by atoms with Crippen LogP contribution in [0.2, 0.25) is 5.28 Å². The third kappa shape index (κ3) is 3.34. The standard InChI is InChI=1S/C10H14ClN3O2/c1-6-7(2)13-10(11)14-9(6)12-5-4-8(15)16-3/h4-5H2,1-3H3,(H,12,13,14). The van der Waals surface area contributed by atoms with Gasteiger partial charge in [-0.25, -0.2) is 9.97 Å². The Morgan fingerprint density at radius 1 is 1.44 bits per heavy atom. The van der Waals surface area contributed by atoms with Crippen LogP contribution in [-0.2, 0) is 9.53 Å². The average molecular weight is 244 g/mol. The fourth-order valence-corrected chi connectivity index (χ4v) is 1.36. The molecule has 0 aromatic carbocycles. The molecule has 0 atom stereocenters. The van der Waals surface area contributed by atoms with Crippen molar-refractivity contribution in [2.45, 2.75) is 20.3 Å². The van der Waals surface area contributed by atoms with Gasteiger partial charge in [0.05, 0.1) is 13.5 Å². The Labute approximate surface area is 99.2 Å². The van der Waals surface area contributed by atoms with Crippen LogP contribution in [0.3, 0.4) is 0 Å². The van der Waals surface area contributed by atoms with E-state index in [2.05, 4.69) is 20.0 Å². The molecule has 0 amide bonds. The van der Waals surface area contributed by atoms with Crippen molar-refractivity contribution in [1.82, 2.24) is 9.97 Å². The lowest BCUT2D eigenvalue weighted by atomic mass is 10.2. The van der Waals surface area contributed by atoms with Crippen LogP contribution in [0.15, 0.2) is 0 Å². The average Bonchev–Trinajstić information content (AvgIpc) is 2.24. The zero-order valence-corrected chi connectivity index (χ0v) is 10.3. The van der Waals surface area contributed by atoms with Crippen LogP contribution in [0.1, 0.15) is 17.7 Å². The van der Waals surface area contributed by atoms with E-state index in [1.165, 1.54) is 7.11 Å². The van der Waals surface area contributed by atoms with Gasteiger partial charge in [-0.3, -0.25) is 4.79 Å². The van der Waals surface area contributed by atoms with Gasteiger partial charge in [0.1, 0.15) is 5.82 Å². The Hall–Kier alpha value is -1.36. The molecule has 1 N–H and O–H groups in total. The molecule has 0 spiro atoms. The molecule has 5 nitrogen and oxygen atoms in total. The van der Waals surface area contributed by atoms with Crippen molar-refractivity contribution in [2.75, 3.05) is 19.0 Å². The normalized spacial score (nSPS) is 10.0. The van der Waals surface area contributed by atoms with Gasteiger partial charge in [0.2, 0.25) is 5.28 Å². The molecule has 0 saturated heterocycles. The van der Waals surface area contributed by atoms with E-state index in [1.54, 1.807) is 0 Å². The Morgan fingerprint density at radius 3 is 2.75 bits per heavy atom. The van der Waals surface area contributed by atoms with E-state index >= 15 is 0 Å². The van der Waals surface area contributed by atoms with Crippen molar-refractivity contribution >= 4 is 23.4 Å². The monoisotopic (exact) mass is 243 g/mol. The van der Waals surface area contributed by atoms with Gasteiger partial charge in [0, 0.05) is 17.8 Å². The van der Waals surface area contributed by atoms with Gasteiger partial charge in [-0.1, -0.05) is 0 Å². The number of hydrogen-bond acceptors (Lipinski definition) is 5. The summed E-state index contributed by atoms with van der Waals surface area (Å²) in [5, 5.41) is 3.22. The lowest BCUT2D eigenvalue weighted by Crippen LogP contribution is -2.12. The molecule has 0 radical (unpaired) electrons. The Bertz CT molecular complexity index is 396. The number of nitrogens with one attached hydrogen (secondary N) is 1. The summed E-state index contributed by atoms with van der Waals surface area (Å²) < 4.78 is 4.53. The second-order valence-electron chi connectivity index (χ2n) is 3.30. The highest BCUT2D eigenvalue weighted by Crippen LogP contribution is 2.16. The maximum Gasteiger partial charge on any atom is 0.307 e. The number of hydrogen-bond donors (Lipinski definition) is 1. The van der Waals surface area contributed by atoms with Crippen LogP contribution >= 0.6 is 11.6 Å². The highest BCUT2D eigenvalue weighted by Gasteiger charge is 2.07. The molecular weight excluding hydrogens is 230 g/mol. The number of carbonyl (C=O) groups excluding carboxylic acids is 1. The van der Waals surface area contributed by atoms with Gasteiger partial charge in [0.15, 0.2) is 0 Å². The van der Waals surface area contributed by atoms with Crippen molar-refractivity contribution in [3.05, 3.63) is 16.5 Å². The second kappa shape index (κ2) is 5.65. The van der Waals surface area contributed by atoms with E-state index in [1.807, 2.05) is 13.8 Å². The molecule has 0 aliphatic heterocycles. The summed E-state index contributed by atoms with van der Waals surface area (Å²) in [5.41, 5.74) is 1.75. The Kier molecular flexibility index (Phi) is 4.49. The highest BCUT2D eigenvalue weighted by atomic mass is 35.5. The van der Waals surface area contributed by atoms with E-state index in [4.69, 9.17) is 11.6 Å². The summed E-state index contributed by atoms with van der Waals surface area (Å²) in [6.07, 6.45) is 0.288. The minimum absolute atomic E-state index is 0.198. The Balaban J connectivity index is 2.63. The lowest BCUT2D eigenvalue weighted by molar-refractivity contribution is -0.140. The third-order valence-corrected chi connectivity index (χ3v) is 2.38. The molecule has 0 unspecified atom stereocenters. The van der Waals surface area contributed by atoms with Gasteiger partial charge in [-0.15, -0.1) is 0 Å². The van der Waals surface area contributed by atoms with Gasteiger partial charge in [-0.2, -0.15) is 0 Å². The van der Waals surface area contributed by atoms with E-state index in [0.29, 0.717) is 12.4 Å². The molecule has 1 aromatic rings. The molecule has 1 heterocycles. The van der Waals surface area contributed by atoms with E-state index in [-0.39, 0.29) is 17.7 Å². The van der Waals surface area contributed by atoms with Crippen LogP contribution < -0.4 is 5.32 Å². The predicted molar refractivity (Wildman–Crippen MR) is 61.6 cm³/mol. The SMILES string of the molecule is COC(=O)CCNc1nc(Cl)nc(C)c1C. The highest BCUT2D eigenvalue weighted by molar-refractivity contribution is 6.28. The van der Waals surface area contributed by atoms with Crippen molar-refractivity contribution in [2.24, 2.45) is 0 Å². The number of carbonyl (C=O) groups is 1. The maximum atomic E-state index is 10.9. The van der Waals surface area contributed by atoms with Gasteiger partial charge < -0.3 is 10.1 Å². The first-order chi connectivity index (χ1) is 7.54. The van der Waals surface area contributed by atoms with Crippen molar-refractivity contribution < 1.29 is 9.53 Å². The number of halogens is 1. The first kappa shape index (κ1) is 12.7. The fraction of sp³-hybridized carbons (Fsp3) is 0.500. The maximum absolute atomic E-state index is 10.9. The largest absolute Gasteiger partial charge is 0.469 e. The number of aromatic nitrogens is 2. The summed E-state index contributed by atoms with van der Waals surface area (Å²) in [4.78, 5) is 19.0. The van der Waals surface area contributed by atoms with Crippen molar-refractivity contribution in [3.8, 4) is 0 Å². The van der Waals surface area contributed by atoms with E-state index in [9.17, 15) is 4.79 Å². The summed E-state index contributed by atoms with van der Waals surface area (Å²) in [7, 11) is 1.36. The van der Waals surface area contributed by atoms with Crippen LogP contribution in [0.5, 0.6) is 0 Å². The summed E-state index contributed by atoms with van der Waals surface area (Å²) >= 11 is 5.74. The van der Waals surface area contributed by atoms with Gasteiger partial charge >= 0.3 is 5.97 Å². The summed E-state index contributed by atoms with van der Waals surface area (Å²) in [6, 6.07) is 0. The van der Waals surface area contributed by atoms with Crippen LogP contribution in [0.25, 0.3) is 0 Å². The van der Waals surface area contributed by atoms with E-state index in [0.717, 1.165) is 11.3 Å². The quantitative estimate of drug-likeness (QED) is 0.644. The molecule has 88 valence electrons. The fourth-order valence-electron chi connectivity index (χ4n) is 1.15. The van der Waals surface area contributed by atoms with Crippen LogP contribution in [0.4, 0.5) is 5.82 Å². The molecule has 0 bridgehead atoms. The van der Waals surface area contributed by atoms with Crippen LogP contribution in [0, 0.1) is 13.8 Å². The molecule has 0 saturated carbocycles. The molecule has 0 fully saturated rings. The topological polar surface area (TPSA) is 64.1 Å².